The average molecular weight is 428 g/mol. The van der Waals surface area contributed by atoms with E-state index in [1.54, 1.807) is 4.68 Å². The zero-order valence-electron chi connectivity index (χ0n) is 18.4. The third kappa shape index (κ3) is 3.73. The normalized spacial score (nSPS) is 22.7. The van der Waals surface area contributed by atoms with Gasteiger partial charge < -0.3 is 14.9 Å². The van der Waals surface area contributed by atoms with E-state index in [0.717, 1.165) is 16.6 Å². The van der Waals surface area contributed by atoms with Crippen molar-refractivity contribution in [2.45, 2.75) is 45.6 Å². The van der Waals surface area contributed by atoms with E-state index in [9.17, 15) is 19.5 Å². The number of carbonyl (C=O) groups is 3. The highest BCUT2D eigenvalue weighted by atomic mass is 16.4. The number of rotatable bonds is 2. The Kier molecular flexibility index (Phi) is 5.15. The van der Waals surface area contributed by atoms with Crippen molar-refractivity contribution in [3.05, 3.63) is 23.9 Å². The van der Waals surface area contributed by atoms with Crippen molar-refractivity contribution in [2.75, 3.05) is 24.5 Å². The van der Waals surface area contributed by atoms with Crippen LogP contribution in [0.5, 0.6) is 0 Å². The molecule has 2 saturated heterocycles. The number of hydrogen-bond acceptors (Lipinski definition) is 5. The van der Waals surface area contributed by atoms with E-state index in [0.29, 0.717) is 38.2 Å². The van der Waals surface area contributed by atoms with Crippen molar-refractivity contribution in [1.82, 2.24) is 20.0 Å². The Labute approximate surface area is 181 Å². The molecule has 9 nitrogen and oxygen atoms in total. The monoisotopic (exact) mass is 427 g/mol. The molecule has 0 aliphatic carbocycles. The van der Waals surface area contributed by atoms with Gasteiger partial charge in [0.2, 0.25) is 11.8 Å². The summed E-state index contributed by atoms with van der Waals surface area (Å²) in [5.41, 5.74) is 2.36. The van der Waals surface area contributed by atoms with E-state index in [1.807, 2.05) is 25.2 Å². The molecule has 3 heterocycles. The maximum absolute atomic E-state index is 12.4. The number of carbonyl (C=O) groups excluding carboxylic acids is 2. The molecule has 9 heteroatoms. The van der Waals surface area contributed by atoms with Gasteiger partial charge in [0.1, 0.15) is 0 Å². The smallest absolute Gasteiger partial charge is 0.407 e. The van der Waals surface area contributed by atoms with Gasteiger partial charge in [-0.25, -0.2) is 4.79 Å². The summed E-state index contributed by atoms with van der Waals surface area (Å²) in [4.78, 5) is 39.5. The first-order chi connectivity index (χ1) is 14.6. The highest BCUT2D eigenvalue weighted by molar-refractivity contribution is 6.03. The first kappa shape index (κ1) is 21.1. The second-order valence-corrected chi connectivity index (χ2v) is 9.49. The van der Waals surface area contributed by atoms with E-state index < -0.39 is 12.0 Å². The van der Waals surface area contributed by atoms with Crippen LogP contribution in [0.15, 0.2) is 18.2 Å². The molecule has 31 heavy (non-hydrogen) atoms. The van der Waals surface area contributed by atoms with Crippen molar-refractivity contribution in [3.63, 3.8) is 0 Å². The zero-order valence-corrected chi connectivity index (χ0v) is 18.4. The molecule has 2 unspecified atom stereocenters. The first-order valence-corrected chi connectivity index (χ1v) is 10.6. The number of anilines is 1. The van der Waals surface area contributed by atoms with Crippen molar-refractivity contribution in [1.29, 1.82) is 0 Å². The van der Waals surface area contributed by atoms with Crippen LogP contribution >= 0.6 is 0 Å². The standard InChI is InChI=1S/C22H29N5O4/c1-22(2,3)16-12-26(10-11-27(16)21(30)31)15-7-5-6-13-18(24-25(4)19(13)15)14-8-9-17(28)23-20(14)29/h5-7,14,16H,8-12H2,1-4H3,(H,30,31)(H,23,28,29). The number of para-hydroxylation sites is 1. The fraction of sp³-hybridized carbons (Fsp3) is 0.545. The Morgan fingerprint density at radius 3 is 2.61 bits per heavy atom. The summed E-state index contributed by atoms with van der Waals surface area (Å²) in [7, 11) is 1.86. The van der Waals surface area contributed by atoms with E-state index >= 15 is 0 Å². The molecule has 0 spiro atoms. The molecule has 2 N–H and O–H groups in total. The number of piperazine rings is 1. The molecule has 1 aromatic carbocycles. The molecule has 0 radical (unpaired) electrons. The third-order valence-electron chi connectivity index (χ3n) is 6.41. The van der Waals surface area contributed by atoms with Crippen LogP contribution in [0, 0.1) is 5.41 Å². The van der Waals surface area contributed by atoms with Crippen LogP contribution < -0.4 is 10.2 Å². The van der Waals surface area contributed by atoms with Gasteiger partial charge >= 0.3 is 6.09 Å². The number of aromatic nitrogens is 2. The molecule has 2 fully saturated rings. The quantitative estimate of drug-likeness (QED) is 0.712. The largest absolute Gasteiger partial charge is 0.465 e. The summed E-state index contributed by atoms with van der Waals surface area (Å²) in [6, 6.07) is 5.77. The number of carboxylic acid groups (broad SMARTS) is 1. The number of aryl methyl sites for hydroxylation is 1. The molecular weight excluding hydrogens is 398 g/mol. The number of nitrogens with one attached hydrogen (secondary N) is 1. The zero-order chi connectivity index (χ0) is 22.5. The minimum absolute atomic E-state index is 0.156. The molecule has 4 rings (SSSR count). The van der Waals surface area contributed by atoms with Crippen molar-refractivity contribution >= 4 is 34.5 Å². The van der Waals surface area contributed by atoms with Crippen LogP contribution in [-0.2, 0) is 16.6 Å². The number of amides is 3. The van der Waals surface area contributed by atoms with E-state index in [2.05, 4.69) is 36.1 Å². The molecule has 2 aromatic rings. The van der Waals surface area contributed by atoms with Gasteiger partial charge in [0.05, 0.1) is 28.9 Å². The summed E-state index contributed by atoms with van der Waals surface area (Å²) in [5.74, 6) is -1.00. The SMILES string of the molecule is Cn1nc(C2CCC(=O)NC2=O)c2cccc(N3CCN(C(=O)O)C(C(C)(C)C)C3)c21. The number of piperidine rings is 1. The van der Waals surface area contributed by atoms with Crippen molar-refractivity contribution in [3.8, 4) is 0 Å². The van der Waals surface area contributed by atoms with E-state index in [4.69, 9.17) is 0 Å². The summed E-state index contributed by atoms with van der Waals surface area (Å²) in [6.07, 6.45) is -0.137. The number of nitrogens with zero attached hydrogens (tertiary/aromatic N) is 4. The van der Waals surface area contributed by atoms with Crippen LogP contribution in [0.25, 0.3) is 10.9 Å². The molecule has 2 atom stereocenters. The van der Waals surface area contributed by atoms with Gasteiger partial charge in [-0.2, -0.15) is 5.10 Å². The molecule has 166 valence electrons. The van der Waals surface area contributed by atoms with Gasteiger partial charge in [-0.1, -0.05) is 32.9 Å². The Bertz CT molecular complexity index is 1050. The summed E-state index contributed by atoms with van der Waals surface area (Å²) in [6.45, 7) is 7.75. The van der Waals surface area contributed by atoms with Crippen molar-refractivity contribution in [2.24, 2.45) is 12.5 Å². The van der Waals surface area contributed by atoms with Crippen LogP contribution in [0.3, 0.4) is 0 Å². The highest BCUT2D eigenvalue weighted by Crippen LogP contribution is 2.37. The third-order valence-corrected chi connectivity index (χ3v) is 6.41. The molecular formula is C22H29N5O4. The Hall–Kier alpha value is -3.10. The molecule has 2 aliphatic heterocycles. The summed E-state index contributed by atoms with van der Waals surface area (Å²) in [5, 5.41) is 17.6. The summed E-state index contributed by atoms with van der Waals surface area (Å²) < 4.78 is 1.79. The first-order valence-electron chi connectivity index (χ1n) is 10.6. The lowest BCUT2D eigenvalue weighted by Crippen LogP contribution is -2.59. The molecule has 1 aromatic heterocycles. The predicted octanol–water partition coefficient (Wildman–Crippen LogP) is 2.31. The van der Waals surface area contributed by atoms with Gasteiger partial charge in [0.15, 0.2) is 0 Å². The minimum atomic E-state index is -0.890. The average Bonchev–Trinajstić information content (AvgIpc) is 3.03. The number of imide groups is 1. The van der Waals surface area contributed by atoms with Crippen LogP contribution in [-0.4, -0.2) is 63.4 Å². The maximum Gasteiger partial charge on any atom is 0.407 e. The number of benzene rings is 1. The molecule has 0 saturated carbocycles. The second kappa shape index (κ2) is 7.55. The van der Waals surface area contributed by atoms with Gasteiger partial charge in [-0.15, -0.1) is 0 Å². The van der Waals surface area contributed by atoms with Gasteiger partial charge in [0.25, 0.3) is 0 Å². The lowest BCUT2D eigenvalue weighted by molar-refractivity contribution is -0.134. The Morgan fingerprint density at radius 2 is 1.97 bits per heavy atom. The predicted molar refractivity (Wildman–Crippen MR) is 116 cm³/mol. The molecule has 0 bridgehead atoms. The van der Waals surface area contributed by atoms with Gasteiger partial charge in [-0.05, 0) is 17.9 Å². The second-order valence-electron chi connectivity index (χ2n) is 9.49. The van der Waals surface area contributed by atoms with E-state index in [1.165, 1.54) is 4.90 Å². The fourth-order valence-electron chi connectivity index (χ4n) is 4.78. The van der Waals surface area contributed by atoms with Gasteiger partial charge in [0, 0.05) is 38.5 Å². The molecule has 2 aliphatic rings. The number of hydrogen-bond donors (Lipinski definition) is 2. The van der Waals surface area contributed by atoms with Crippen LogP contribution in [0.4, 0.5) is 10.5 Å². The van der Waals surface area contributed by atoms with E-state index in [-0.39, 0.29) is 23.3 Å². The fourth-order valence-corrected chi connectivity index (χ4v) is 4.78. The number of fused-ring (bicyclic) bond motifs is 1. The maximum atomic E-state index is 12.4. The topological polar surface area (TPSA) is 108 Å². The minimum Gasteiger partial charge on any atom is -0.465 e. The molecule has 3 amide bonds. The lowest BCUT2D eigenvalue weighted by atomic mass is 9.84. The van der Waals surface area contributed by atoms with Crippen LogP contribution in [0.2, 0.25) is 0 Å². The Balaban J connectivity index is 1.73. The van der Waals surface area contributed by atoms with Crippen molar-refractivity contribution < 1.29 is 19.5 Å². The Morgan fingerprint density at radius 1 is 1.23 bits per heavy atom. The highest BCUT2D eigenvalue weighted by Gasteiger charge is 2.39. The van der Waals surface area contributed by atoms with Crippen LogP contribution in [0.1, 0.15) is 45.2 Å². The van der Waals surface area contributed by atoms with Gasteiger partial charge in [-0.3, -0.25) is 19.6 Å². The lowest BCUT2D eigenvalue weighted by Gasteiger charge is -2.46. The summed E-state index contributed by atoms with van der Waals surface area (Å²) >= 11 is 0.